The molecule has 5 rings (SSSR count). The van der Waals surface area contributed by atoms with Crippen LogP contribution in [0.3, 0.4) is 0 Å². The minimum atomic E-state index is -0.0315. The number of carbonyl (C=O) groups excluding carboxylic acids is 1. The average molecular weight is 487 g/mol. The highest BCUT2D eigenvalue weighted by Crippen LogP contribution is 2.32. The third-order valence-electron chi connectivity index (χ3n) is 6.54. The van der Waals surface area contributed by atoms with Crippen molar-refractivity contribution in [2.24, 2.45) is 0 Å². The van der Waals surface area contributed by atoms with Crippen molar-refractivity contribution in [3.8, 4) is 5.75 Å². The Bertz CT molecular complexity index is 1380. The number of allylic oxidation sites excluding steroid dienone is 5. The van der Waals surface area contributed by atoms with E-state index in [0.29, 0.717) is 18.0 Å². The van der Waals surface area contributed by atoms with Crippen LogP contribution >= 0.6 is 11.6 Å². The van der Waals surface area contributed by atoms with Gasteiger partial charge in [-0.15, -0.1) is 0 Å². The molecule has 0 bridgehead atoms. The molecule has 0 spiro atoms. The molecule has 1 fully saturated rings. The van der Waals surface area contributed by atoms with Crippen molar-refractivity contribution >= 4 is 34.0 Å². The van der Waals surface area contributed by atoms with Gasteiger partial charge in [0.15, 0.2) is 0 Å². The standard InChI is InChI=1S/C28H27ClN4O2/c1-3-27(34)32-16-6-8-21(18-32)33-25-14-15-30-17-23(25)28(31-33)20-7-4-9-22(13-12-20)35-26-11-5-10-24(29)19(26)2/h3,5,7,9-15,17,21H,1,4,6,8,16,18H2,2H3/t21-/m1/s1. The van der Waals surface area contributed by atoms with Crippen LogP contribution in [-0.2, 0) is 4.79 Å². The number of nitrogens with zero attached hydrogens (tertiary/aromatic N) is 4. The summed E-state index contributed by atoms with van der Waals surface area (Å²) in [6, 6.07) is 7.76. The number of halogens is 1. The van der Waals surface area contributed by atoms with Crippen molar-refractivity contribution in [3.05, 3.63) is 95.7 Å². The molecule has 0 unspecified atom stereocenters. The Morgan fingerprint density at radius 2 is 2.14 bits per heavy atom. The normalized spacial score (nSPS) is 18.1. The third kappa shape index (κ3) is 4.66. The number of likely N-dealkylation sites (tertiary alicyclic amines) is 1. The van der Waals surface area contributed by atoms with E-state index < -0.39 is 0 Å². The molecule has 1 aliphatic carbocycles. The van der Waals surface area contributed by atoms with Crippen LogP contribution in [0, 0.1) is 6.92 Å². The van der Waals surface area contributed by atoms with Gasteiger partial charge in [0.1, 0.15) is 17.2 Å². The van der Waals surface area contributed by atoms with E-state index in [9.17, 15) is 4.79 Å². The Balaban J connectivity index is 1.43. The predicted octanol–water partition coefficient (Wildman–Crippen LogP) is 6.05. The number of pyridine rings is 1. The maximum atomic E-state index is 12.2. The fourth-order valence-corrected chi connectivity index (χ4v) is 4.81. The van der Waals surface area contributed by atoms with Gasteiger partial charge in [-0.1, -0.05) is 30.3 Å². The van der Waals surface area contributed by atoms with Crippen molar-refractivity contribution in [3.63, 3.8) is 0 Å². The van der Waals surface area contributed by atoms with Crippen LogP contribution in [0.1, 0.15) is 36.6 Å². The molecular formula is C28H27ClN4O2. The lowest BCUT2D eigenvalue weighted by atomic mass is 10.1. The molecule has 1 aromatic carbocycles. The SMILES string of the molecule is C=CC(=O)N1CCC[C@@H](n2nc(C3=CCC=C(Oc4cccc(Cl)c4C)C=C3)c3cnccc32)C1. The van der Waals surface area contributed by atoms with E-state index in [1.54, 1.807) is 6.20 Å². The molecule has 6 nitrogen and oxygen atoms in total. The molecule has 3 aromatic rings. The van der Waals surface area contributed by atoms with Gasteiger partial charge in [-0.05, 0) is 74.3 Å². The second-order valence-electron chi connectivity index (χ2n) is 8.77. The number of rotatable bonds is 5. The zero-order chi connectivity index (χ0) is 24.4. The fourth-order valence-electron chi connectivity index (χ4n) is 4.65. The first-order valence-corrected chi connectivity index (χ1v) is 12.2. The Morgan fingerprint density at radius 1 is 1.26 bits per heavy atom. The Hall–Kier alpha value is -3.64. The number of benzene rings is 1. The largest absolute Gasteiger partial charge is 0.457 e. The number of hydrogen-bond donors (Lipinski definition) is 0. The van der Waals surface area contributed by atoms with Gasteiger partial charge >= 0.3 is 0 Å². The Kier molecular flexibility index (Phi) is 6.55. The first-order valence-electron chi connectivity index (χ1n) is 11.8. The van der Waals surface area contributed by atoms with E-state index in [2.05, 4.69) is 22.3 Å². The van der Waals surface area contributed by atoms with Crippen LogP contribution in [0.25, 0.3) is 16.5 Å². The van der Waals surface area contributed by atoms with Gasteiger partial charge in [-0.2, -0.15) is 5.10 Å². The lowest BCUT2D eigenvalue weighted by Gasteiger charge is -2.32. The van der Waals surface area contributed by atoms with Crippen LogP contribution in [-0.4, -0.2) is 38.7 Å². The second-order valence-corrected chi connectivity index (χ2v) is 9.18. The highest BCUT2D eigenvalue weighted by atomic mass is 35.5. The summed E-state index contributed by atoms with van der Waals surface area (Å²) in [5, 5.41) is 6.72. The van der Waals surface area contributed by atoms with Gasteiger partial charge in [0.2, 0.25) is 5.91 Å². The van der Waals surface area contributed by atoms with E-state index in [1.807, 2.05) is 60.5 Å². The van der Waals surface area contributed by atoms with Crippen LogP contribution in [0.15, 0.2) is 79.4 Å². The number of piperidine rings is 1. The smallest absolute Gasteiger partial charge is 0.246 e. The van der Waals surface area contributed by atoms with E-state index in [0.717, 1.165) is 58.6 Å². The van der Waals surface area contributed by atoms with Gasteiger partial charge in [-0.25, -0.2) is 0 Å². The van der Waals surface area contributed by atoms with Crippen LogP contribution in [0.4, 0.5) is 0 Å². The summed E-state index contributed by atoms with van der Waals surface area (Å²) in [4.78, 5) is 18.4. The summed E-state index contributed by atoms with van der Waals surface area (Å²) in [7, 11) is 0. The lowest BCUT2D eigenvalue weighted by molar-refractivity contribution is -0.127. The number of ether oxygens (including phenoxy) is 1. The molecule has 3 heterocycles. The molecule has 2 aromatic heterocycles. The molecule has 1 aliphatic heterocycles. The summed E-state index contributed by atoms with van der Waals surface area (Å²) in [6.45, 7) is 6.96. The minimum Gasteiger partial charge on any atom is -0.457 e. The zero-order valence-electron chi connectivity index (χ0n) is 19.7. The molecule has 178 valence electrons. The second kappa shape index (κ2) is 9.92. The molecular weight excluding hydrogens is 460 g/mol. The van der Waals surface area contributed by atoms with E-state index >= 15 is 0 Å². The number of aromatic nitrogens is 3. The summed E-state index contributed by atoms with van der Waals surface area (Å²) < 4.78 is 8.20. The fraction of sp³-hybridized carbons (Fsp3) is 0.250. The number of carbonyl (C=O) groups is 1. The molecule has 0 radical (unpaired) electrons. The van der Waals surface area contributed by atoms with Crippen molar-refractivity contribution in [2.75, 3.05) is 13.1 Å². The first kappa shape index (κ1) is 23.1. The van der Waals surface area contributed by atoms with E-state index in [-0.39, 0.29) is 11.9 Å². The lowest BCUT2D eigenvalue weighted by Crippen LogP contribution is -2.40. The molecule has 0 saturated carbocycles. The quantitative estimate of drug-likeness (QED) is 0.412. The monoisotopic (exact) mass is 486 g/mol. The van der Waals surface area contributed by atoms with Crippen LogP contribution < -0.4 is 4.74 Å². The number of amides is 1. The molecule has 1 amide bonds. The molecule has 1 saturated heterocycles. The van der Waals surface area contributed by atoms with Gasteiger partial charge in [0.05, 0.1) is 11.6 Å². The first-order chi connectivity index (χ1) is 17.0. The van der Waals surface area contributed by atoms with Crippen molar-refractivity contribution in [1.82, 2.24) is 19.7 Å². The molecule has 1 atom stereocenters. The Morgan fingerprint density at radius 3 is 3.00 bits per heavy atom. The highest BCUT2D eigenvalue weighted by molar-refractivity contribution is 6.31. The van der Waals surface area contributed by atoms with E-state index in [1.165, 1.54) is 6.08 Å². The molecule has 35 heavy (non-hydrogen) atoms. The maximum Gasteiger partial charge on any atom is 0.246 e. The van der Waals surface area contributed by atoms with Gasteiger partial charge < -0.3 is 9.64 Å². The Labute approximate surface area is 209 Å². The molecule has 0 N–H and O–H groups in total. The van der Waals surface area contributed by atoms with Gasteiger partial charge in [0.25, 0.3) is 0 Å². The highest BCUT2D eigenvalue weighted by Gasteiger charge is 2.26. The summed E-state index contributed by atoms with van der Waals surface area (Å²) in [5.41, 5.74) is 3.82. The average Bonchev–Trinajstić information content (AvgIpc) is 3.12. The summed E-state index contributed by atoms with van der Waals surface area (Å²) >= 11 is 6.25. The number of hydrogen-bond acceptors (Lipinski definition) is 4. The summed E-state index contributed by atoms with van der Waals surface area (Å²) in [5.74, 6) is 1.47. The van der Waals surface area contributed by atoms with Crippen molar-refractivity contribution in [1.29, 1.82) is 0 Å². The van der Waals surface area contributed by atoms with Gasteiger partial charge in [-0.3, -0.25) is 14.5 Å². The van der Waals surface area contributed by atoms with Crippen LogP contribution in [0.5, 0.6) is 5.75 Å². The van der Waals surface area contributed by atoms with E-state index in [4.69, 9.17) is 21.4 Å². The van der Waals surface area contributed by atoms with Crippen molar-refractivity contribution < 1.29 is 9.53 Å². The molecule has 7 heteroatoms. The third-order valence-corrected chi connectivity index (χ3v) is 6.95. The van der Waals surface area contributed by atoms with Crippen LogP contribution in [0.2, 0.25) is 5.02 Å². The maximum absolute atomic E-state index is 12.2. The molecule has 2 aliphatic rings. The topological polar surface area (TPSA) is 60.2 Å². The summed E-state index contributed by atoms with van der Waals surface area (Å²) in [6.07, 6.45) is 15.8. The van der Waals surface area contributed by atoms with Crippen molar-refractivity contribution in [2.45, 2.75) is 32.2 Å². The zero-order valence-corrected chi connectivity index (χ0v) is 20.4. The van der Waals surface area contributed by atoms with Gasteiger partial charge in [0, 0.05) is 41.5 Å². The predicted molar refractivity (Wildman–Crippen MR) is 139 cm³/mol. The number of fused-ring (bicyclic) bond motifs is 1. The minimum absolute atomic E-state index is 0.0315.